The second-order valence-corrected chi connectivity index (χ2v) is 3.66. The van der Waals surface area contributed by atoms with Crippen LogP contribution in [0.3, 0.4) is 0 Å². The van der Waals surface area contributed by atoms with E-state index in [1.165, 1.54) is 0 Å². The lowest BCUT2D eigenvalue weighted by atomic mass is 9.95. The van der Waals surface area contributed by atoms with Gasteiger partial charge in [-0.1, -0.05) is 13.3 Å². The van der Waals surface area contributed by atoms with Crippen LogP contribution in [0.15, 0.2) is 0 Å². The molecule has 0 aromatic carbocycles. The topological polar surface area (TPSA) is 38.7 Å². The van der Waals surface area contributed by atoms with Gasteiger partial charge in [0, 0.05) is 13.7 Å². The van der Waals surface area contributed by atoms with E-state index in [9.17, 15) is 5.11 Å². The molecule has 0 saturated carbocycles. The molecule has 0 bridgehead atoms. The first-order chi connectivity index (χ1) is 6.72. The number of ether oxygens (including phenoxy) is 2. The van der Waals surface area contributed by atoms with Gasteiger partial charge >= 0.3 is 0 Å². The molecule has 0 heterocycles. The van der Waals surface area contributed by atoms with E-state index < -0.39 is 0 Å². The molecule has 86 valence electrons. The largest absolute Gasteiger partial charge is 0.393 e. The van der Waals surface area contributed by atoms with Crippen LogP contribution < -0.4 is 0 Å². The Kier molecular flexibility index (Phi) is 9.35. The molecule has 0 radical (unpaired) electrons. The molecule has 2 atom stereocenters. The maximum atomic E-state index is 9.39. The van der Waals surface area contributed by atoms with Crippen LogP contribution in [0.1, 0.15) is 33.1 Å². The van der Waals surface area contributed by atoms with E-state index in [0.717, 1.165) is 25.9 Å². The fourth-order valence-corrected chi connectivity index (χ4v) is 1.48. The normalized spacial score (nSPS) is 15.4. The van der Waals surface area contributed by atoms with Crippen LogP contribution in [-0.4, -0.2) is 38.1 Å². The van der Waals surface area contributed by atoms with Gasteiger partial charge in [-0.05, 0) is 25.7 Å². The van der Waals surface area contributed by atoms with Gasteiger partial charge in [-0.2, -0.15) is 0 Å². The summed E-state index contributed by atoms with van der Waals surface area (Å²) in [6.45, 7) is 6.07. The van der Waals surface area contributed by atoms with Crippen molar-refractivity contribution in [3.63, 3.8) is 0 Å². The van der Waals surface area contributed by atoms with Gasteiger partial charge in [-0.25, -0.2) is 0 Å². The lowest BCUT2D eigenvalue weighted by Gasteiger charge is -2.17. The first-order valence-corrected chi connectivity index (χ1v) is 5.47. The van der Waals surface area contributed by atoms with E-state index >= 15 is 0 Å². The molecule has 0 aromatic heterocycles. The molecule has 3 nitrogen and oxygen atoms in total. The van der Waals surface area contributed by atoms with Crippen LogP contribution in [0.25, 0.3) is 0 Å². The molecule has 0 amide bonds. The zero-order chi connectivity index (χ0) is 10.8. The lowest BCUT2D eigenvalue weighted by Crippen LogP contribution is -2.16. The number of aliphatic hydroxyl groups excluding tert-OH is 1. The molecule has 2 unspecified atom stereocenters. The first kappa shape index (κ1) is 13.9. The summed E-state index contributed by atoms with van der Waals surface area (Å²) in [5.74, 6) is 0.418. The van der Waals surface area contributed by atoms with Crippen LogP contribution in [0.5, 0.6) is 0 Å². The Morgan fingerprint density at radius 1 is 1.21 bits per heavy atom. The number of aliphatic hydroxyl groups is 1. The molecule has 0 rings (SSSR count). The second kappa shape index (κ2) is 9.44. The fourth-order valence-electron chi connectivity index (χ4n) is 1.48. The van der Waals surface area contributed by atoms with Crippen molar-refractivity contribution in [3.8, 4) is 0 Å². The summed E-state index contributed by atoms with van der Waals surface area (Å²) in [5, 5.41) is 9.39. The van der Waals surface area contributed by atoms with Gasteiger partial charge in [0.25, 0.3) is 0 Å². The summed E-state index contributed by atoms with van der Waals surface area (Å²) in [7, 11) is 1.67. The molecular weight excluding hydrogens is 180 g/mol. The van der Waals surface area contributed by atoms with Gasteiger partial charge in [0.2, 0.25) is 0 Å². The predicted octanol–water partition coefficient (Wildman–Crippen LogP) is 1.84. The Morgan fingerprint density at radius 2 is 1.93 bits per heavy atom. The van der Waals surface area contributed by atoms with E-state index in [1.54, 1.807) is 7.11 Å². The monoisotopic (exact) mass is 204 g/mol. The van der Waals surface area contributed by atoms with Crippen molar-refractivity contribution in [2.75, 3.05) is 26.9 Å². The molecule has 14 heavy (non-hydrogen) atoms. The molecule has 3 heteroatoms. The summed E-state index contributed by atoms with van der Waals surface area (Å²) in [6.07, 6.45) is 2.91. The highest BCUT2D eigenvalue weighted by Crippen LogP contribution is 2.15. The SMILES string of the molecule is CCC(CCCOCCOC)C(C)O. The number of rotatable bonds is 9. The smallest absolute Gasteiger partial charge is 0.0700 e. The van der Waals surface area contributed by atoms with Gasteiger partial charge in [0.15, 0.2) is 0 Å². The quantitative estimate of drug-likeness (QED) is 0.582. The molecule has 0 aromatic rings. The van der Waals surface area contributed by atoms with E-state index in [2.05, 4.69) is 6.92 Å². The highest BCUT2D eigenvalue weighted by molar-refractivity contribution is 4.62. The molecule has 0 fully saturated rings. The Labute approximate surface area is 87.4 Å². The molecule has 1 N–H and O–H groups in total. The van der Waals surface area contributed by atoms with Crippen LogP contribution in [0, 0.1) is 5.92 Å². The van der Waals surface area contributed by atoms with Gasteiger partial charge in [-0.15, -0.1) is 0 Å². The minimum absolute atomic E-state index is 0.195. The summed E-state index contributed by atoms with van der Waals surface area (Å²) in [6, 6.07) is 0. The van der Waals surface area contributed by atoms with Crippen molar-refractivity contribution in [1.82, 2.24) is 0 Å². The third-order valence-corrected chi connectivity index (χ3v) is 2.50. The molecule has 0 aliphatic rings. The first-order valence-electron chi connectivity index (χ1n) is 5.47. The summed E-state index contributed by atoms with van der Waals surface area (Å²) < 4.78 is 10.2. The summed E-state index contributed by atoms with van der Waals surface area (Å²) in [4.78, 5) is 0. The van der Waals surface area contributed by atoms with E-state index in [1.807, 2.05) is 6.92 Å². The fraction of sp³-hybridized carbons (Fsp3) is 1.00. The van der Waals surface area contributed by atoms with Crippen molar-refractivity contribution in [3.05, 3.63) is 0 Å². The minimum Gasteiger partial charge on any atom is -0.393 e. The molecule has 0 saturated heterocycles. The second-order valence-electron chi connectivity index (χ2n) is 3.66. The van der Waals surface area contributed by atoms with Crippen molar-refractivity contribution in [1.29, 1.82) is 0 Å². The average molecular weight is 204 g/mol. The number of hydrogen-bond donors (Lipinski definition) is 1. The zero-order valence-corrected chi connectivity index (χ0v) is 9.66. The van der Waals surface area contributed by atoms with E-state index in [0.29, 0.717) is 19.1 Å². The maximum absolute atomic E-state index is 9.39. The van der Waals surface area contributed by atoms with Crippen LogP contribution in [-0.2, 0) is 9.47 Å². The maximum Gasteiger partial charge on any atom is 0.0700 e. The van der Waals surface area contributed by atoms with Crippen LogP contribution in [0.2, 0.25) is 0 Å². The molecule has 0 aliphatic heterocycles. The van der Waals surface area contributed by atoms with Gasteiger partial charge in [-0.3, -0.25) is 0 Å². The van der Waals surface area contributed by atoms with Crippen LogP contribution >= 0.6 is 0 Å². The zero-order valence-electron chi connectivity index (χ0n) is 9.66. The Morgan fingerprint density at radius 3 is 2.43 bits per heavy atom. The van der Waals surface area contributed by atoms with Crippen molar-refractivity contribution < 1.29 is 14.6 Å². The number of methoxy groups -OCH3 is 1. The predicted molar refractivity (Wildman–Crippen MR) is 57.4 cm³/mol. The Hall–Kier alpha value is -0.120. The van der Waals surface area contributed by atoms with E-state index in [4.69, 9.17) is 9.47 Å². The van der Waals surface area contributed by atoms with Crippen molar-refractivity contribution >= 4 is 0 Å². The molecule has 0 spiro atoms. The minimum atomic E-state index is -0.195. The lowest BCUT2D eigenvalue weighted by molar-refractivity contribution is 0.0605. The standard InChI is InChI=1S/C11H24O3/c1-4-11(10(2)12)6-5-7-14-9-8-13-3/h10-12H,4-9H2,1-3H3. The van der Waals surface area contributed by atoms with Gasteiger partial charge in [0.1, 0.15) is 0 Å². The Balaban J connectivity index is 3.25. The third-order valence-electron chi connectivity index (χ3n) is 2.50. The number of hydrogen-bond acceptors (Lipinski definition) is 3. The third kappa shape index (κ3) is 7.30. The molecular formula is C11H24O3. The molecule has 0 aliphatic carbocycles. The highest BCUT2D eigenvalue weighted by Gasteiger charge is 2.11. The highest BCUT2D eigenvalue weighted by atomic mass is 16.5. The van der Waals surface area contributed by atoms with Crippen LogP contribution in [0.4, 0.5) is 0 Å². The Bertz CT molecular complexity index is 115. The summed E-state index contributed by atoms with van der Waals surface area (Å²) >= 11 is 0. The summed E-state index contributed by atoms with van der Waals surface area (Å²) in [5.41, 5.74) is 0. The average Bonchev–Trinajstić information content (AvgIpc) is 2.16. The van der Waals surface area contributed by atoms with Gasteiger partial charge in [0.05, 0.1) is 19.3 Å². The van der Waals surface area contributed by atoms with E-state index in [-0.39, 0.29) is 6.10 Å². The van der Waals surface area contributed by atoms with Gasteiger partial charge < -0.3 is 14.6 Å². The van der Waals surface area contributed by atoms with Crippen molar-refractivity contribution in [2.45, 2.75) is 39.2 Å². The van der Waals surface area contributed by atoms with Crippen molar-refractivity contribution in [2.24, 2.45) is 5.92 Å².